The highest BCUT2D eigenvalue weighted by molar-refractivity contribution is 7.99. The van der Waals surface area contributed by atoms with Crippen LogP contribution in [0.25, 0.3) is 0 Å². The van der Waals surface area contributed by atoms with Gasteiger partial charge in [-0.1, -0.05) is 19.9 Å². The van der Waals surface area contributed by atoms with E-state index in [0.717, 1.165) is 17.4 Å². The molecule has 0 aliphatic rings. The molecule has 0 saturated carbocycles. The van der Waals surface area contributed by atoms with Gasteiger partial charge >= 0.3 is 0 Å². The molecule has 0 radical (unpaired) electrons. The van der Waals surface area contributed by atoms with Gasteiger partial charge in [0.05, 0.1) is 7.11 Å². The second kappa shape index (κ2) is 7.81. The average molecular weight is 281 g/mol. The van der Waals surface area contributed by atoms with Crippen LogP contribution in [0.4, 0.5) is 0 Å². The normalized spacial score (nSPS) is 12.8. The summed E-state index contributed by atoms with van der Waals surface area (Å²) < 4.78 is 5.57. The number of aryl methyl sites for hydroxylation is 2. The van der Waals surface area contributed by atoms with Gasteiger partial charge in [-0.2, -0.15) is 11.8 Å². The molecule has 108 valence electrons. The zero-order chi connectivity index (χ0) is 14.4. The topological polar surface area (TPSA) is 21.3 Å². The third-order valence-electron chi connectivity index (χ3n) is 3.15. The molecule has 0 amide bonds. The van der Waals surface area contributed by atoms with Crippen LogP contribution in [-0.4, -0.2) is 25.7 Å². The highest BCUT2D eigenvalue weighted by Gasteiger charge is 2.17. The molecule has 0 saturated heterocycles. The number of nitrogens with one attached hydrogen (secondary N) is 1. The van der Waals surface area contributed by atoms with E-state index in [2.05, 4.69) is 45.1 Å². The number of ether oxygens (including phenoxy) is 1. The minimum Gasteiger partial charge on any atom is -0.496 e. The number of hydrogen-bond acceptors (Lipinski definition) is 3. The molecule has 0 spiro atoms. The third kappa shape index (κ3) is 4.73. The molecule has 1 aromatic rings. The van der Waals surface area contributed by atoms with Gasteiger partial charge in [-0.15, -0.1) is 0 Å². The Morgan fingerprint density at radius 2 is 1.89 bits per heavy atom. The third-order valence-corrected chi connectivity index (χ3v) is 4.62. The summed E-state index contributed by atoms with van der Waals surface area (Å²) in [5, 5.41) is 3.43. The fraction of sp³-hybridized carbons (Fsp3) is 0.625. The lowest BCUT2D eigenvalue weighted by Gasteiger charge is -2.22. The molecule has 0 aliphatic carbocycles. The molecule has 0 bridgehead atoms. The van der Waals surface area contributed by atoms with Crippen molar-refractivity contribution in [2.45, 2.75) is 33.7 Å². The van der Waals surface area contributed by atoms with Gasteiger partial charge in [-0.25, -0.2) is 0 Å². The summed E-state index contributed by atoms with van der Waals surface area (Å²) in [6.07, 6.45) is 0. The van der Waals surface area contributed by atoms with Crippen molar-refractivity contribution in [1.82, 2.24) is 5.32 Å². The van der Waals surface area contributed by atoms with E-state index in [1.165, 1.54) is 22.4 Å². The Kier molecular flexibility index (Phi) is 6.73. The predicted octanol–water partition coefficient (Wildman–Crippen LogP) is 3.96. The Morgan fingerprint density at radius 1 is 1.21 bits per heavy atom. The molecule has 2 nitrogen and oxygen atoms in total. The SMILES string of the molecule is CNC(CSCC(C)C)c1c(C)cc(C)cc1OC. The zero-order valence-electron chi connectivity index (χ0n) is 13.0. The van der Waals surface area contributed by atoms with Crippen LogP contribution in [0.3, 0.4) is 0 Å². The molecule has 19 heavy (non-hydrogen) atoms. The average Bonchev–Trinajstić information content (AvgIpc) is 2.34. The summed E-state index contributed by atoms with van der Waals surface area (Å²) in [7, 11) is 3.78. The monoisotopic (exact) mass is 281 g/mol. The molecular formula is C16H27NOS. The Bertz CT molecular complexity index is 404. The first-order chi connectivity index (χ1) is 8.99. The summed E-state index contributed by atoms with van der Waals surface area (Å²) in [4.78, 5) is 0. The molecule has 0 fully saturated rings. The largest absolute Gasteiger partial charge is 0.496 e. The van der Waals surface area contributed by atoms with Crippen molar-refractivity contribution < 1.29 is 4.74 Å². The van der Waals surface area contributed by atoms with Gasteiger partial charge in [-0.05, 0) is 49.8 Å². The van der Waals surface area contributed by atoms with E-state index in [-0.39, 0.29) is 0 Å². The van der Waals surface area contributed by atoms with Gasteiger partial charge in [0.25, 0.3) is 0 Å². The number of rotatable bonds is 7. The second-order valence-corrected chi connectivity index (χ2v) is 6.55. The van der Waals surface area contributed by atoms with Crippen molar-refractivity contribution >= 4 is 11.8 Å². The Balaban J connectivity index is 2.91. The minimum atomic E-state index is 0.347. The van der Waals surface area contributed by atoms with E-state index in [1.807, 2.05) is 18.8 Å². The minimum absolute atomic E-state index is 0.347. The van der Waals surface area contributed by atoms with Gasteiger partial charge in [0.2, 0.25) is 0 Å². The highest BCUT2D eigenvalue weighted by Crippen LogP contribution is 2.32. The molecule has 0 aliphatic heterocycles. The van der Waals surface area contributed by atoms with E-state index in [0.29, 0.717) is 6.04 Å². The molecule has 3 heteroatoms. The van der Waals surface area contributed by atoms with Crippen molar-refractivity contribution in [3.63, 3.8) is 0 Å². The first-order valence-electron chi connectivity index (χ1n) is 6.89. The van der Waals surface area contributed by atoms with Gasteiger partial charge < -0.3 is 10.1 Å². The van der Waals surface area contributed by atoms with Crippen LogP contribution in [0.5, 0.6) is 5.75 Å². The maximum Gasteiger partial charge on any atom is 0.124 e. The van der Waals surface area contributed by atoms with E-state index < -0.39 is 0 Å². The van der Waals surface area contributed by atoms with Crippen LogP contribution in [0.15, 0.2) is 12.1 Å². The molecule has 0 aromatic heterocycles. The van der Waals surface area contributed by atoms with E-state index in [4.69, 9.17) is 4.74 Å². The second-order valence-electron chi connectivity index (χ2n) is 5.47. The summed E-state index contributed by atoms with van der Waals surface area (Å²) in [5.74, 6) is 4.02. The summed E-state index contributed by atoms with van der Waals surface area (Å²) in [6.45, 7) is 8.81. The van der Waals surface area contributed by atoms with Crippen molar-refractivity contribution in [2.24, 2.45) is 5.92 Å². The van der Waals surface area contributed by atoms with Gasteiger partial charge in [0, 0.05) is 17.4 Å². The lowest BCUT2D eigenvalue weighted by molar-refractivity contribution is 0.403. The molecule has 1 rings (SSSR count). The van der Waals surface area contributed by atoms with Crippen molar-refractivity contribution in [1.29, 1.82) is 0 Å². The lowest BCUT2D eigenvalue weighted by atomic mass is 9.99. The number of methoxy groups -OCH3 is 1. The van der Waals surface area contributed by atoms with Crippen LogP contribution in [0.1, 0.15) is 36.6 Å². The Hall–Kier alpha value is -0.670. The molecule has 0 heterocycles. The van der Waals surface area contributed by atoms with Crippen molar-refractivity contribution in [2.75, 3.05) is 25.7 Å². The number of thioether (sulfide) groups is 1. The molecular weight excluding hydrogens is 254 g/mol. The summed E-state index contributed by atoms with van der Waals surface area (Å²) >= 11 is 2.00. The van der Waals surface area contributed by atoms with Crippen LogP contribution >= 0.6 is 11.8 Å². The van der Waals surface area contributed by atoms with E-state index >= 15 is 0 Å². The predicted molar refractivity (Wildman–Crippen MR) is 86.4 cm³/mol. The first-order valence-corrected chi connectivity index (χ1v) is 8.05. The van der Waals surface area contributed by atoms with Crippen molar-refractivity contribution in [3.8, 4) is 5.75 Å². The highest BCUT2D eigenvalue weighted by atomic mass is 32.2. The van der Waals surface area contributed by atoms with E-state index in [1.54, 1.807) is 7.11 Å². The van der Waals surface area contributed by atoms with E-state index in [9.17, 15) is 0 Å². The molecule has 1 N–H and O–H groups in total. The lowest BCUT2D eigenvalue weighted by Crippen LogP contribution is -2.21. The quantitative estimate of drug-likeness (QED) is 0.817. The Morgan fingerprint density at radius 3 is 2.42 bits per heavy atom. The Labute approximate surface area is 122 Å². The molecule has 1 aromatic carbocycles. The maximum atomic E-state index is 5.57. The van der Waals surface area contributed by atoms with Gasteiger partial charge in [0.15, 0.2) is 0 Å². The van der Waals surface area contributed by atoms with Crippen LogP contribution < -0.4 is 10.1 Å². The van der Waals surface area contributed by atoms with Crippen LogP contribution in [0.2, 0.25) is 0 Å². The summed E-state index contributed by atoms with van der Waals surface area (Å²) in [6, 6.07) is 4.70. The van der Waals surface area contributed by atoms with Gasteiger partial charge in [0.1, 0.15) is 5.75 Å². The number of hydrogen-bond donors (Lipinski definition) is 1. The molecule has 1 unspecified atom stereocenters. The summed E-state index contributed by atoms with van der Waals surface area (Å²) in [5.41, 5.74) is 3.86. The maximum absolute atomic E-state index is 5.57. The first kappa shape index (κ1) is 16.4. The van der Waals surface area contributed by atoms with Gasteiger partial charge in [-0.3, -0.25) is 0 Å². The number of benzene rings is 1. The van der Waals surface area contributed by atoms with Crippen LogP contribution in [-0.2, 0) is 0 Å². The van der Waals surface area contributed by atoms with Crippen LogP contribution in [0, 0.1) is 19.8 Å². The van der Waals surface area contributed by atoms with Crippen molar-refractivity contribution in [3.05, 3.63) is 28.8 Å². The smallest absolute Gasteiger partial charge is 0.124 e. The molecule has 1 atom stereocenters. The fourth-order valence-electron chi connectivity index (χ4n) is 2.29. The fourth-order valence-corrected chi connectivity index (χ4v) is 3.46. The standard InChI is InChI=1S/C16H27NOS/c1-11(2)9-19-10-14(17-5)16-13(4)7-12(3)8-15(16)18-6/h7-8,11,14,17H,9-10H2,1-6H3. The zero-order valence-corrected chi connectivity index (χ0v) is 13.9.